The van der Waals surface area contributed by atoms with Crippen LogP contribution in [-0.4, -0.2) is 16.3 Å². The first-order chi connectivity index (χ1) is 10.3. The average molecular weight is 281 g/mol. The van der Waals surface area contributed by atoms with Crippen molar-refractivity contribution in [2.24, 2.45) is 0 Å². The van der Waals surface area contributed by atoms with Crippen LogP contribution >= 0.6 is 0 Å². The van der Waals surface area contributed by atoms with Gasteiger partial charge in [-0.3, -0.25) is 0 Å². The molecule has 1 aliphatic carbocycles. The van der Waals surface area contributed by atoms with Gasteiger partial charge in [-0.2, -0.15) is 5.10 Å². The van der Waals surface area contributed by atoms with E-state index in [1.165, 1.54) is 48.3 Å². The maximum atomic E-state index is 4.88. The molecule has 21 heavy (non-hydrogen) atoms. The van der Waals surface area contributed by atoms with Crippen LogP contribution in [0.4, 0.5) is 5.82 Å². The molecule has 1 unspecified atom stereocenters. The van der Waals surface area contributed by atoms with Crippen molar-refractivity contribution in [1.29, 1.82) is 0 Å². The van der Waals surface area contributed by atoms with Crippen LogP contribution in [0.3, 0.4) is 0 Å². The average Bonchev–Trinajstić information content (AvgIpc) is 3.16. The first kappa shape index (κ1) is 12.9. The molecule has 1 saturated carbocycles. The van der Waals surface area contributed by atoms with Gasteiger partial charge in [0, 0.05) is 24.4 Å². The number of nitrogens with zero attached hydrogens (tertiary/aromatic N) is 2. The van der Waals surface area contributed by atoms with Crippen LogP contribution in [0, 0.1) is 6.92 Å². The highest BCUT2D eigenvalue weighted by Crippen LogP contribution is 2.35. The number of aromatic nitrogens is 2. The highest BCUT2D eigenvalue weighted by atomic mass is 15.3. The Morgan fingerprint density at radius 2 is 1.86 bits per heavy atom. The van der Waals surface area contributed by atoms with Gasteiger partial charge in [0.05, 0.1) is 12.2 Å². The maximum absolute atomic E-state index is 4.88. The molecule has 1 aromatic heterocycles. The van der Waals surface area contributed by atoms with E-state index in [9.17, 15) is 0 Å². The molecule has 2 aliphatic rings. The fourth-order valence-electron chi connectivity index (χ4n) is 3.70. The molecule has 2 aromatic rings. The zero-order valence-electron chi connectivity index (χ0n) is 12.7. The molecule has 1 N–H and O–H groups in total. The zero-order chi connectivity index (χ0) is 14.2. The minimum absolute atomic E-state index is 0.523. The second-order valence-electron chi connectivity index (χ2n) is 6.61. The van der Waals surface area contributed by atoms with Crippen molar-refractivity contribution in [3.63, 3.8) is 0 Å². The standard InChI is InChI=1S/C18H23N3/c1-13-6-8-14(9-7-13)16-11-19-18-10-17(20-21(18)12-16)15-4-2-3-5-15/h6-10,15-16,19H,2-5,11-12H2,1H3. The zero-order valence-corrected chi connectivity index (χ0v) is 12.7. The summed E-state index contributed by atoms with van der Waals surface area (Å²) in [5, 5.41) is 8.45. The molecule has 3 heteroatoms. The number of rotatable bonds is 2. The van der Waals surface area contributed by atoms with Gasteiger partial charge in [0.1, 0.15) is 5.82 Å². The molecule has 1 aliphatic heterocycles. The Hall–Kier alpha value is -1.77. The normalized spacial score (nSPS) is 22.0. The summed E-state index contributed by atoms with van der Waals surface area (Å²) in [5.41, 5.74) is 4.04. The highest BCUT2D eigenvalue weighted by molar-refractivity contribution is 5.42. The molecule has 0 amide bonds. The summed E-state index contributed by atoms with van der Waals surface area (Å²) in [4.78, 5) is 0. The molecule has 0 radical (unpaired) electrons. The van der Waals surface area contributed by atoms with E-state index >= 15 is 0 Å². The second kappa shape index (κ2) is 5.21. The molecule has 4 rings (SSSR count). The van der Waals surface area contributed by atoms with Crippen molar-refractivity contribution in [2.45, 2.75) is 51.0 Å². The smallest absolute Gasteiger partial charge is 0.124 e. The van der Waals surface area contributed by atoms with Crippen LogP contribution in [0.5, 0.6) is 0 Å². The van der Waals surface area contributed by atoms with E-state index in [4.69, 9.17) is 5.10 Å². The van der Waals surface area contributed by atoms with E-state index in [1.54, 1.807) is 0 Å². The van der Waals surface area contributed by atoms with Crippen molar-refractivity contribution in [3.8, 4) is 0 Å². The minimum Gasteiger partial charge on any atom is -0.370 e. The largest absolute Gasteiger partial charge is 0.370 e. The van der Waals surface area contributed by atoms with Crippen molar-refractivity contribution in [3.05, 3.63) is 47.2 Å². The number of hydrogen-bond donors (Lipinski definition) is 1. The monoisotopic (exact) mass is 281 g/mol. The quantitative estimate of drug-likeness (QED) is 0.899. The van der Waals surface area contributed by atoms with Gasteiger partial charge < -0.3 is 5.32 Å². The van der Waals surface area contributed by atoms with Crippen LogP contribution in [0.25, 0.3) is 0 Å². The molecular weight excluding hydrogens is 258 g/mol. The van der Waals surface area contributed by atoms with Crippen molar-refractivity contribution in [2.75, 3.05) is 11.9 Å². The van der Waals surface area contributed by atoms with Gasteiger partial charge in [0.25, 0.3) is 0 Å². The summed E-state index contributed by atoms with van der Waals surface area (Å²) in [7, 11) is 0. The number of aryl methyl sites for hydroxylation is 1. The summed E-state index contributed by atoms with van der Waals surface area (Å²) >= 11 is 0. The van der Waals surface area contributed by atoms with Gasteiger partial charge in [-0.25, -0.2) is 4.68 Å². The number of benzene rings is 1. The fraction of sp³-hybridized carbons (Fsp3) is 0.500. The van der Waals surface area contributed by atoms with Crippen molar-refractivity contribution >= 4 is 5.82 Å². The Labute approximate surface area is 126 Å². The summed E-state index contributed by atoms with van der Waals surface area (Å²) in [6, 6.07) is 11.2. The van der Waals surface area contributed by atoms with Crippen LogP contribution < -0.4 is 5.32 Å². The van der Waals surface area contributed by atoms with Crippen LogP contribution in [0.2, 0.25) is 0 Å². The number of fused-ring (bicyclic) bond motifs is 1. The molecule has 1 aromatic carbocycles. The Balaban J connectivity index is 1.55. The van der Waals surface area contributed by atoms with Gasteiger partial charge in [0.15, 0.2) is 0 Å². The third-order valence-corrected chi connectivity index (χ3v) is 5.04. The van der Waals surface area contributed by atoms with E-state index in [1.807, 2.05) is 0 Å². The molecule has 0 spiro atoms. The lowest BCUT2D eigenvalue weighted by Gasteiger charge is -2.25. The Kier molecular flexibility index (Phi) is 3.21. The third-order valence-electron chi connectivity index (χ3n) is 5.04. The molecule has 110 valence electrons. The van der Waals surface area contributed by atoms with Crippen LogP contribution in [0.15, 0.2) is 30.3 Å². The Morgan fingerprint density at radius 1 is 1.10 bits per heavy atom. The van der Waals surface area contributed by atoms with E-state index in [-0.39, 0.29) is 0 Å². The van der Waals surface area contributed by atoms with Crippen LogP contribution in [0.1, 0.15) is 54.3 Å². The number of nitrogens with one attached hydrogen (secondary N) is 1. The summed E-state index contributed by atoms with van der Waals surface area (Å²) < 4.78 is 2.18. The second-order valence-corrected chi connectivity index (χ2v) is 6.61. The predicted octanol–water partition coefficient (Wildman–Crippen LogP) is 4.06. The molecule has 0 saturated heterocycles. The van der Waals surface area contributed by atoms with E-state index < -0.39 is 0 Å². The lowest BCUT2D eigenvalue weighted by molar-refractivity contribution is 0.497. The summed E-state index contributed by atoms with van der Waals surface area (Å²) in [5.74, 6) is 2.43. The Bertz CT molecular complexity index is 620. The molecule has 3 nitrogen and oxygen atoms in total. The van der Waals surface area contributed by atoms with Gasteiger partial charge in [-0.1, -0.05) is 42.7 Å². The van der Waals surface area contributed by atoms with Gasteiger partial charge in [-0.15, -0.1) is 0 Å². The number of hydrogen-bond acceptors (Lipinski definition) is 2. The van der Waals surface area contributed by atoms with E-state index in [0.29, 0.717) is 11.8 Å². The highest BCUT2D eigenvalue weighted by Gasteiger charge is 2.25. The Morgan fingerprint density at radius 3 is 2.62 bits per heavy atom. The molecule has 1 atom stereocenters. The SMILES string of the molecule is Cc1ccc(C2CNc3cc(C4CCCC4)nn3C2)cc1. The lowest BCUT2D eigenvalue weighted by Crippen LogP contribution is -2.26. The van der Waals surface area contributed by atoms with E-state index in [0.717, 1.165) is 13.1 Å². The number of anilines is 1. The third kappa shape index (κ3) is 2.45. The summed E-state index contributed by atoms with van der Waals surface area (Å²) in [6.45, 7) is 4.15. The van der Waals surface area contributed by atoms with Gasteiger partial charge in [0.2, 0.25) is 0 Å². The van der Waals surface area contributed by atoms with Crippen molar-refractivity contribution < 1.29 is 0 Å². The maximum Gasteiger partial charge on any atom is 0.124 e. The molecular formula is C18H23N3. The first-order valence-corrected chi connectivity index (χ1v) is 8.18. The topological polar surface area (TPSA) is 29.9 Å². The van der Waals surface area contributed by atoms with Gasteiger partial charge >= 0.3 is 0 Å². The minimum atomic E-state index is 0.523. The summed E-state index contributed by atoms with van der Waals surface area (Å²) in [6.07, 6.45) is 5.37. The first-order valence-electron chi connectivity index (χ1n) is 8.18. The van der Waals surface area contributed by atoms with Crippen molar-refractivity contribution in [1.82, 2.24) is 9.78 Å². The molecule has 1 fully saturated rings. The van der Waals surface area contributed by atoms with E-state index in [2.05, 4.69) is 47.3 Å². The fourth-order valence-corrected chi connectivity index (χ4v) is 3.70. The molecule has 2 heterocycles. The van der Waals surface area contributed by atoms with Gasteiger partial charge in [-0.05, 0) is 25.3 Å². The van der Waals surface area contributed by atoms with Crippen LogP contribution in [-0.2, 0) is 6.54 Å². The lowest BCUT2D eigenvalue weighted by atomic mass is 9.97. The molecule has 0 bridgehead atoms. The predicted molar refractivity (Wildman–Crippen MR) is 85.8 cm³/mol.